The molecule has 0 spiro atoms. The number of aromatic nitrogens is 2. The summed E-state index contributed by atoms with van der Waals surface area (Å²) in [5.74, 6) is -0.234. The number of nitrogens with one attached hydrogen (secondary N) is 2. The molecule has 0 radical (unpaired) electrons. The Morgan fingerprint density at radius 3 is 2.86 bits per heavy atom. The molecule has 1 amide bonds. The van der Waals surface area contributed by atoms with Crippen molar-refractivity contribution in [2.24, 2.45) is 0 Å². The van der Waals surface area contributed by atoms with Crippen molar-refractivity contribution in [1.82, 2.24) is 9.97 Å². The number of rotatable bonds is 3. The summed E-state index contributed by atoms with van der Waals surface area (Å²) in [5.41, 5.74) is 1.21. The first-order valence-electron chi connectivity index (χ1n) is 5.74. The Kier molecular flexibility index (Phi) is 3.32. The number of H-pyrrole nitrogens is 1. The van der Waals surface area contributed by atoms with Crippen LogP contribution in [0.1, 0.15) is 9.67 Å². The summed E-state index contributed by atoms with van der Waals surface area (Å²) in [4.78, 5) is 29.4. The van der Waals surface area contributed by atoms with Crippen LogP contribution in [0.5, 0.6) is 0 Å². The van der Waals surface area contributed by atoms with Gasteiger partial charge in [0.2, 0.25) is 5.95 Å². The van der Waals surface area contributed by atoms with Crippen molar-refractivity contribution in [3.63, 3.8) is 0 Å². The zero-order valence-electron chi connectivity index (χ0n) is 10.3. The first kappa shape index (κ1) is 13.5. The highest BCUT2D eigenvalue weighted by molar-refractivity contribution is 7.18. The van der Waals surface area contributed by atoms with Crippen molar-refractivity contribution >= 4 is 51.5 Å². The standard InChI is InChI=1S/C12H7ClN4O3S/c13-10-8(17(19)20)5-9(21-10)11(18)16-12-14-6-3-1-2-4-7(6)15-12/h1-5H,(H2,14,15,16,18). The smallest absolute Gasteiger partial charge is 0.299 e. The highest BCUT2D eigenvalue weighted by Gasteiger charge is 2.21. The maximum Gasteiger partial charge on any atom is 0.299 e. The second-order valence-electron chi connectivity index (χ2n) is 4.08. The minimum atomic E-state index is -0.628. The van der Waals surface area contributed by atoms with Crippen molar-refractivity contribution in [2.75, 3.05) is 5.32 Å². The van der Waals surface area contributed by atoms with Gasteiger partial charge in [-0.05, 0) is 12.1 Å². The van der Waals surface area contributed by atoms with Crippen molar-refractivity contribution in [1.29, 1.82) is 0 Å². The van der Waals surface area contributed by atoms with E-state index in [4.69, 9.17) is 11.6 Å². The molecule has 106 valence electrons. The molecule has 21 heavy (non-hydrogen) atoms. The number of amides is 1. The van der Waals surface area contributed by atoms with Crippen LogP contribution >= 0.6 is 22.9 Å². The molecule has 0 aliphatic rings. The number of carbonyl (C=O) groups excluding carboxylic acids is 1. The van der Waals surface area contributed by atoms with Crippen molar-refractivity contribution in [2.45, 2.75) is 0 Å². The second-order valence-corrected chi connectivity index (χ2v) is 5.74. The third-order valence-electron chi connectivity index (χ3n) is 2.71. The van der Waals surface area contributed by atoms with Gasteiger partial charge in [-0.25, -0.2) is 4.98 Å². The summed E-state index contributed by atoms with van der Waals surface area (Å²) < 4.78 is -0.0326. The van der Waals surface area contributed by atoms with Crippen LogP contribution in [0.2, 0.25) is 4.34 Å². The first-order valence-corrected chi connectivity index (χ1v) is 6.94. The number of thiophene rings is 1. The Hall–Kier alpha value is -2.45. The number of hydrogen-bond acceptors (Lipinski definition) is 5. The normalized spacial score (nSPS) is 10.7. The SMILES string of the molecule is O=C(Nc1nc2ccccc2[nH]1)c1cc([N+](=O)[O-])c(Cl)s1. The molecule has 1 aromatic carbocycles. The van der Waals surface area contributed by atoms with E-state index in [2.05, 4.69) is 15.3 Å². The molecule has 3 rings (SSSR count). The molecular weight excluding hydrogens is 316 g/mol. The van der Waals surface area contributed by atoms with E-state index >= 15 is 0 Å². The lowest BCUT2D eigenvalue weighted by Crippen LogP contribution is -2.11. The van der Waals surface area contributed by atoms with E-state index in [1.165, 1.54) is 0 Å². The second kappa shape index (κ2) is 5.15. The molecule has 2 heterocycles. The highest BCUT2D eigenvalue weighted by Crippen LogP contribution is 2.34. The summed E-state index contributed by atoms with van der Waals surface area (Å²) in [7, 11) is 0. The minimum absolute atomic E-state index is 0.0326. The van der Waals surface area contributed by atoms with E-state index < -0.39 is 10.8 Å². The number of nitro groups is 1. The lowest BCUT2D eigenvalue weighted by atomic mass is 10.3. The highest BCUT2D eigenvalue weighted by atomic mass is 35.5. The quantitative estimate of drug-likeness (QED) is 0.569. The van der Waals surface area contributed by atoms with Gasteiger partial charge in [0, 0.05) is 6.07 Å². The molecule has 2 aromatic heterocycles. The molecule has 0 saturated heterocycles. The largest absolute Gasteiger partial charge is 0.324 e. The first-order chi connectivity index (χ1) is 10.0. The van der Waals surface area contributed by atoms with Gasteiger partial charge in [-0.3, -0.25) is 20.2 Å². The fraction of sp³-hybridized carbons (Fsp3) is 0. The fourth-order valence-electron chi connectivity index (χ4n) is 1.78. The molecule has 0 bridgehead atoms. The average Bonchev–Trinajstić information content (AvgIpc) is 3.01. The van der Waals surface area contributed by atoms with Gasteiger partial charge in [-0.15, -0.1) is 11.3 Å². The molecule has 7 nitrogen and oxygen atoms in total. The monoisotopic (exact) mass is 322 g/mol. The number of carbonyl (C=O) groups is 1. The zero-order valence-corrected chi connectivity index (χ0v) is 11.9. The zero-order chi connectivity index (χ0) is 15.0. The number of fused-ring (bicyclic) bond motifs is 1. The van der Waals surface area contributed by atoms with Crippen LogP contribution in [-0.4, -0.2) is 20.8 Å². The molecule has 0 atom stereocenters. The van der Waals surface area contributed by atoms with E-state index in [-0.39, 0.29) is 20.8 Å². The third-order valence-corrected chi connectivity index (χ3v) is 4.05. The van der Waals surface area contributed by atoms with E-state index in [1.807, 2.05) is 18.2 Å². The van der Waals surface area contributed by atoms with Crippen LogP contribution in [0.4, 0.5) is 11.6 Å². The van der Waals surface area contributed by atoms with Gasteiger partial charge in [-0.2, -0.15) is 0 Å². The van der Waals surface area contributed by atoms with E-state index in [0.717, 1.165) is 22.9 Å². The van der Waals surface area contributed by atoms with Crippen LogP contribution in [0.3, 0.4) is 0 Å². The maximum absolute atomic E-state index is 12.0. The summed E-state index contributed by atoms with van der Waals surface area (Å²) in [6, 6.07) is 8.44. The van der Waals surface area contributed by atoms with Gasteiger partial charge < -0.3 is 4.98 Å². The molecule has 0 unspecified atom stereocenters. The van der Waals surface area contributed by atoms with Crippen LogP contribution in [0, 0.1) is 10.1 Å². The van der Waals surface area contributed by atoms with Crippen LogP contribution in [0.15, 0.2) is 30.3 Å². The van der Waals surface area contributed by atoms with Gasteiger partial charge in [0.25, 0.3) is 11.6 Å². The lowest BCUT2D eigenvalue weighted by molar-refractivity contribution is -0.384. The summed E-state index contributed by atoms with van der Waals surface area (Å²) in [6.07, 6.45) is 0. The predicted molar refractivity (Wildman–Crippen MR) is 80.0 cm³/mol. The number of halogens is 1. The Morgan fingerprint density at radius 2 is 2.19 bits per heavy atom. The minimum Gasteiger partial charge on any atom is -0.324 e. The van der Waals surface area contributed by atoms with Crippen LogP contribution in [0.25, 0.3) is 11.0 Å². The van der Waals surface area contributed by atoms with Crippen molar-refractivity contribution in [3.8, 4) is 0 Å². The molecular formula is C12H7ClN4O3S. The fourth-order valence-corrected chi connectivity index (χ4v) is 2.90. The Morgan fingerprint density at radius 1 is 1.43 bits per heavy atom. The topological polar surface area (TPSA) is 101 Å². The number of aromatic amines is 1. The number of nitrogens with zero attached hydrogens (tertiary/aromatic N) is 2. The van der Waals surface area contributed by atoms with E-state index in [0.29, 0.717) is 5.52 Å². The Labute approximate surface area is 126 Å². The number of anilines is 1. The maximum atomic E-state index is 12.0. The van der Waals surface area contributed by atoms with Gasteiger partial charge in [0.1, 0.15) is 4.88 Å². The summed E-state index contributed by atoms with van der Waals surface area (Å²) in [5, 5.41) is 13.3. The molecule has 0 fully saturated rings. The van der Waals surface area contributed by atoms with Gasteiger partial charge in [-0.1, -0.05) is 23.7 Å². The van der Waals surface area contributed by atoms with Gasteiger partial charge in [0.05, 0.1) is 16.0 Å². The number of hydrogen-bond donors (Lipinski definition) is 2. The Bertz CT molecular complexity index is 824. The summed E-state index contributed by atoms with van der Waals surface area (Å²) >= 11 is 6.57. The van der Waals surface area contributed by atoms with Crippen LogP contribution < -0.4 is 5.32 Å². The number of benzene rings is 1. The molecule has 9 heteroatoms. The lowest BCUT2D eigenvalue weighted by Gasteiger charge is -1.97. The summed E-state index contributed by atoms with van der Waals surface area (Å²) in [6.45, 7) is 0. The molecule has 0 saturated carbocycles. The number of imidazole rings is 1. The molecule has 0 aliphatic heterocycles. The number of para-hydroxylation sites is 2. The van der Waals surface area contributed by atoms with Gasteiger partial charge >= 0.3 is 0 Å². The van der Waals surface area contributed by atoms with E-state index in [9.17, 15) is 14.9 Å². The molecule has 0 aliphatic carbocycles. The molecule has 3 aromatic rings. The van der Waals surface area contributed by atoms with Crippen LogP contribution in [-0.2, 0) is 0 Å². The van der Waals surface area contributed by atoms with Crippen molar-refractivity contribution < 1.29 is 9.72 Å². The van der Waals surface area contributed by atoms with E-state index in [1.54, 1.807) is 6.07 Å². The van der Waals surface area contributed by atoms with Crippen molar-refractivity contribution in [3.05, 3.63) is 49.7 Å². The predicted octanol–water partition coefficient (Wildman–Crippen LogP) is 3.44. The Balaban J connectivity index is 1.85. The molecule has 2 N–H and O–H groups in total. The third kappa shape index (κ3) is 2.58. The van der Waals surface area contributed by atoms with Gasteiger partial charge in [0.15, 0.2) is 4.34 Å². The average molecular weight is 323 g/mol.